The molecule has 0 aliphatic heterocycles. The highest BCUT2D eigenvalue weighted by Crippen LogP contribution is 2.57. The van der Waals surface area contributed by atoms with E-state index in [1.807, 2.05) is 0 Å². The van der Waals surface area contributed by atoms with E-state index in [2.05, 4.69) is 289 Å². The van der Waals surface area contributed by atoms with Gasteiger partial charge in [0, 0.05) is 38.9 Å². The molecule has 0 spiro atoms. The highest BCUT2D eigenvalue weighted by molar-refractivity contribution is 6.32. The molecule has 2 nitrogen and oxygen atoms in total. The Morgan fingerprint density at radius 2 is 0.732 bits per heavy atom. The molecule has 0 unspecified atom stereocenters. The number of benzene rings is 12. The summed E-state index contributed by atoms with van der Waals surface area (Å²) in [5.74, 6) is 0. The predicted molar refractivity (Wildman–Crippen MR) is 299 cm³/mol. The monoisotopic (exact) mass is 902 g/mol. The number of para-hydroxylation sites is 1. The topological polar surface area (TPSA) is 8.17 Å². The molecule has 0 saturated heterocycles. The molecular formula is C69H46N2. The van der Waals surface area contributed by atoms with Gasteiger partial charge in [-0.05, 0) is 126 Å². The van der Waals surface area contributed by atoms with Crippen molar-refractivity contribution < 1.29 is 0 Å². The summed E-state index contributed by atoms with van der Waals surface area (Å²) in [6, 6.07) is 103. The quantitative estimate of drug-likeness (QED) is 0.138. The van der Waals surface area contributed by atoms with Crippen molar-refractivity contribution in [1.29, 1.82) is 0 Å². The SMILES string of the molecule is c1ccc(-c2ccc(N(c3ccc(-c4ccc(-n5c6ccccc6c6c7ccccc7c7ccccc7c65)cc4)cc3)c3ccc4c(c3)-c3ccccc3C4(c3ccccc3)c3ccccc3)cc2)cc1. The number of rotatable bonds is 8. The third kappa shape index (κ3) is 6.35. The van der Waals surface area contributed by atoms with Gasteiger partial charge in [-0.15, -0.1) is 0 Å². The van der Waals surface area contributed by atoms with E-state index >= 15 is 0 Å². The fourth-order valence-electron chi connectivity index (χ4n) is 12.0. The van der Waals surface area contributed by atoms with E-state index in [4.69, 9.17) is 0 Å². The van der Waals surface area contributed by atoms with Crippen LogP contribution in [0.15, 0.2) is 279 Å². The van der Waals surface area contributed by atoms with Crippen LogP contribution >= 0.6 is 0 Å². The van der Waals surface area contributed by atoms with Crippen LogP contribution in [-0.4, -0.2) is 4.57 Å². The molecule has 1 heterocycles. The van der Waals surface area contributed by atoms with Crippen LogP contribution in [0.4, 0.5) is 17.1 Å². The summed E-state index contributed by atoms with van der Waals surface area (Å²) in [6.45, 7) is 0. The second-order valence-electron chi connectivity index (χ2n) is 18.8. The first-order chi connectivity index (χ1) is 35.2. The molecule has 0 radical (unpaired) electrons. The zero-order valence-electron chi connectivity index (χ0n) is 39.0. The van der Waals surface area contributed by atoms with E-state index in [-0.39, 0.29) is 0 Å². The van der Waals surface area contributed by atoms with Gasteiger partial charge in [0.25, 0.3) is 0 Å². The fraction of sp³-hybridized carbons (Fsp3) is 0.0145. The van der Waals surface area contributed by atoms with Gasteiger partial charge in [0.15, 0.2) is 0 Å². The Kier molecular flexibility index (Phi) is 9.47. The zero-order valence-corrected chi connectivity index (χ0v) is 39.0. The van der Waals surface area contributed by atoms with Crippen molar-refractivity contribution >= 4 is 60.4 Å². The Labute approximate surface area is 413 Å². The molecule has 0 atom stereocenters. The minimum absolute atomic E-state index is 0.462. The van der Waals surface area contributed by atoms with Crippen molar-refractivity contribution in [3.8, 4) is 39.1 Å². The van der Waals surface area contributed by atoms with E-state index < -0.39 is 5.41 Å². The lowest BCUT2D eigenvalue weighted by atomic mass is 9.68. The summed E-state index contributed by atoms with van der Waals surface area (Å²) in [5.41, 5.74) is 18.8. The molecule has 2 heteroatoms. The van der Waals surface area contributed by atoms with Gasteiger partial charge in [0.2, 0.25) is 0 Å². The molecule has 332 valence electrons. The van der Waals surface area contributed by atoms with Crippen LogP contribution < -0.4 is 4.90 Å². The molecule has 14 rings (SSSR count). The standard InChI is InChI=1S/C69H46N2/c1-4-18-47(19-5-1)48-32-38-53(39-33-48)70(56-44-45-65-63(46-56)59-26-14-16-30-64(59)69(65,51-20-6-2-7-21-51)52-22-8-3-9-23-52)54-40-34-49(35-41-54)50-36-42-55(43-37-50)71-66-31-17-15-29-62(66)67-60-27-12-10-24-57(60)58-25-11-13-28-61(58)68(67)71/h1-46H. The highest BCUT2D eigenvalue weighted by Gasteiger charge is 2.46. The van der Waals surface area contributed by atoms with Gasteiger partial charge < -0.3 is 9.47 Å². The Balaban J connectivity index is 0.883. The van der Waals surface area contributed by atoms with Crippen LogP contribution in [0.25, 0.3) is 82.4 Å². The molecule has 12 aromatic carbocycles. The number of nitrogens with zero attached hydrogens (tertiary/aromatic N) is 2. The molecule has 1 aliphatic carbocycles. The van der Waals surface area contributed by atoms with Gasteiger partial charge >= 0.3 is 0 Å². The molecule has 0 fully saturated rings. The average Bonchev–Trinajstić information content (AvgIpc) is 3.96. The molecule has 0 bridgehead atoms. The molecule has 13 aromatic rings. The molecule has 71 heavy (non-hydrogen) atoms. The van der Waals surface area contributed by atoms with Gasteiger partial charge in [-0.2, -0.15) is 0 Å². The van der Waals surface area contributed by atoms with E-state index in [1.54, 1.807) is 0 Å². The highest BCUT2D eigenvalue weighted by atomic mass is 15.1. The van der Waals surface area contributed by atoms with E-state index in [9.17, 15) is 0 Å². The summed E-state index contributed by atoms with van der Waals surface area (Å²) in [6.07, 6.45) is 0. The van der Waals surface area contributed by atoms with Crippen molar-refractivity contribution in [2.24, 2.45) is 0 Å². The third-order valence-electron chi connectivity index (χ3n) is 15.1. The molecule has 1 aromatic heterocycles. The first-order valence-electron chi connectivity index (χ1n) is 24.6. The van der Waals surface area contributed by atoms with Gasteiger partial charge in [0.1, 0.15) is 0 Å². The van der Waals surface area contributed by atoms with Crippen molar-refractivity contribution in [3.63, 3.8) is 0 Å². The van der Waals surface area contributed by atoms with Crippen LogP contribution in [-0.2, 0) is 5.41 Å². The maximum Gasteiger partial charge on any atom is 0.0713 e. The maximum absolute atomic E-state index is 2.46. The predicted octanol–water partition coefficient (Wildman–Crippen LogP) is 18.3. The molecule has 0 N–H and O–H groups in total. The van der Waals surface area contributed by atoms with Gasteiger partial charge in [0.05, 0.1) is 16.4 Å². The minimum Gasteiger partial charge on any atom is -0.310 e. The van der Waals surface area contributed by atoms with E-state index in [1.165, 1.54) is 93.4 Å². The van der Waals surface area contributed by atoms with Gasteiger partial charge in [-0.1, -0.05) is 224 Å². The second kappa shape index (κ2) is 16.5. The lowest BCUT2D eigenvalue weighted by Gasteiger charge is -2.34. The summed E-state index contributed by atoms with van der Waals surface area (Å²) in [7, 11) is 0. The zero-order chi connectivity index (χ0) is 46.9. The smallest absolute Gasteiger partial charge is 0.0713 e. The van der Waals surface area contributed by atoms with Crippen molar-refractivity contribution in [2.75, 3.05) is 4.90 Å². The summed E-state index contributed by atoms with van der Waals surface area (Å²) in [4.78, 5) is 2.41. The molecule has 1 aliphatic rings. The van der Waals surface area contributed by atoms with Crippen LogP contribution in [0.3, 0.4) is 0 Å². The summed E-state index contributed by atoms with van der Waals surface area (Å²) in [5, 5.41) is 7.67. The Morgan fingerprint density at radius 1 is 0.296 bits per heavy atom. The van der Waals surface area contributed by atoms with Crippen molar-refractivity contribution in [3.05, 3.63) is 301 Å². The number of fused-ring (bicyclic) bond motifs is 11. The van der Waals surface area contributed by atoms with E-state index in [0.717, 1.165) is 28.3 Å². The third-order valence-corrected chi connectivity index (χ3v) is 15.1. The Bertz CT molecular complexity index is 4080. The maximum atomic E-state index is 2.46. The summed E-state index contributed by atoms with van der Waals surface area (Å²) >= 11 is 0. The van der Waals surface area contributed by atoms with Crippen LogP contribution in [0.1, 0.15) is 22.3 Å². The number of aromatic nitrogens is 1. The second-order valence-corrected chi connectivity index (χ2v) is 18.8. The first-order valence-corrected chi connectivity index (χ1v) is 24.6. The first kappa shape index (κ1) is 40.8. The largest absolute Gasteiger partial charge is 0.310 e. The summed E-state index contributed by atoms with van der Waals surface area (Å²) < 4.78 is 2.46. The number of hydrogen-bond acceptors (Lipinski definition) is 1. The lowest BCUT2D eigenvalue weighted by molar-refractivity contribution is 0.768. The fourth-order valence-corrected chi connectivity index (χ4v) is 12.0. The van der Waals surface area contributed by atoms with Crippen molar-refractivity contribution in [1.82, 2.24) is 4.57 Å². The Morgan fingerprint density at radius 3 is 1.35 bits per heavy atom. The van der Waals surface area contributed by atoms with Gasteiger partial charge in [-0.3, -0.25) is 0 Å². The van der Waals surface area contributed by atoms with E-state index in [0.29, 0.717) is 0 Å². The van der Waals surface area contributed by atoms with Crippen LogP contribution in [0.5, 0.6) is 0 Å². The number of anilines is 3. The molecule has 0 saturated carbocycles. The number of hydrogen-bond donors (Lipinski definition) is 0. The van der Waals surface area contributed by atoms with Crippen molar-refractivity contribution in [2.45, 2.75) is 5.41 Å². The Hall–Kier alpha value is -9.24. The molecule has 0 amide bonds. The average molecular weight is 903 g/mol. The normalized spacial score (nSPS) is 12.6. The van der Waals surface area contributed by atoms with Crippen LogP contribution in [0, 0.1) is 0 Å². The molecular weight excluding hydrogens is 857 g/mol. The van der Waals surface area contributed by atoms with Gasteiger partial charge in [-0.25, -0.2) is 0 Å². The lowest BCUT2D eigenvalue weighted by Crippen LogP contribution is -2.28. The van der Waals surface area contributed by atoms with Crippen LogP contribution in [0.2, 0.25) is 0 Å². The minimum atomic E-state index is -0.462.